The van der Waals surface area contributed by atoms with Crippen molar-refractivity contribution < 1.29 is 4.74 Å². The number of ether oxygens (including phenoxy) is 1. The number of likely N-dealkylation sites (N-methyl/N-ethyl adjacent to an activating group) is 1. The molecule has 0 heterocycles. The van der Waals surface area contributed by atoms with Gasteiger partial charge in [-0.15, -0.1) is 0 Å². The van der Waals surface area contributed by atoms with Crippen LogP contribution in [0, 0.1) is 11.3 Å². The Kier molecular flexibility index (Phi) is 4.83. The van der Waals surface area contributed by atoms with E-state index in [1.807, 2.05) is 0 Å². The first-order valence-corrected chi connectivity index (χ1v) is 8.30. The van der Waals surface area contributed by atoms with Gasteiger partial charge in [0.25, 0.3) is 0 Å². The monoisotopic (exact) mass is 282 g/mol. The van der Waals surface area contributed by atoms with Crippen molar-refractivity contribution in [1.82, 2.24) is 10.2 Å². The van der Waals surface area contributed by atoms with E-state index in [1.165, 1.54) is 25.7 Å². The molecule has 1 N–H and O–H groups in total. The van der Waals surface area contributed by atoms with Crippen LogP contribution in [0.4, 0.5) is 0 Å². The second-order valence-electron chi connectivity index (χ2n) is 8.18. The van der Waals surface area contributed by atoms with E-state index in [0.29, 0.717) is 23.6 Å². The molecule has 2 saturated carbocycles. The molecular formula is C17H34N2O. The molecule has 0 saturated heterocycles. The Morgan fingerprint density at radius 1 is 1.25 bits per heavy atom. The van der Waals surface area contributed by atoms with Gasteiger partial charge >= 0.3 is 0 Å². The summed E-state index contributed by atoms with van der Waals surface area (Å²) in [5.41, 5.74) is 0.687. The van der Waals surface area contributed by atoms with Gasteiger partial charge in [0.2, 0.25) is 0 Å². The molecule has 118 valence electrons. The van der Waals surface area contributed by atoms with Crippen molar-refractivity contribution in [2.75, 3.05) is 27.2 Å². The first-order chi connectivity index (χ1) is 9.28. The fourth-order valence-corrected chi connectivity index (χ4v) is 3.50. The molecule has 3 nitrogen and oxygen atoms in total. The van der Waals surface area contributed by atoms with Crippen molar-refractivity contribution in [2.24, 2.45) is 11.3 Å². The Labute approximate surface area is 125 Å². The van der Waals surface area contributed by atoms with Crippen molar-refractivity contribution in [3.8, 4) is 0 Å². The number of rotatable bonds is 7. The normalized spacial score (nSPS) is 31.2. The molecule has 3 heteroatoms. The summed E-state index contributed by atoms with van der Waals surface area (Å²) in [6.45, 7) is 11.2. The van der Waals surface area contributed by atoms with E-state index in [0.717, 1.165) is 13.2 Å². The van der Waals surface area contributed by atoms with Crippen molar-refractivity contribution in [1.29, 1.82) is 0 Å². The van der Waals surface area contributed by atoms with E-state index in [2.05, 4.69) is 52.0 Å². The first-order valence-electron chi connectivity index (χ1n) is 8.30. The van der Waals surface area contributed by atoms with Gasteiger partial charge in [-0.3, -0.25) is 0 Å². The van der Waals surface area contributed by atoms with Crippen LogP contribution in [-0.4, -0.2) is 49.8 Å². The highest BCUT2D eigenvalue weighted by atomic mass is 16.5. The highest BCUT2D eigenvalue weighted by molar-refractivity contribution is 5.05. The third-order valence-corrected chi connectivity index (χ3v) is 5.72. The van der Waals surface area contributed by atoms with Gasteiger partial charge < -0.3 is 15.0 Å². The predicted octanol–water partition coefficient (Wildman–Crippen LogP) is 2.90. The minimum Gasteiger partial charge on any atom is -0.377 e. The van der Waals surface area contributed by atoms with Crippen molar-refractivity contribution >= 4 is 0 Å². The van der Waals surface area contributed by atoms with Gasteiger partial charge in [0, 0.05) is 30.1 Å². The third-order valence-electron chi connectivity index (χ3n) is 5.72. The van der Waals surface area contributed by atoms with Gasteiger partial charge in [-0.25, -0.2) is 0 Å². The highest BCUT2D eigenvalue weighted by Gasteiger charge is 2.50. The SMILES string of the molecule is CC(C)COC1CC(NCC2(N(C)C)CCC2)C1(C)C. The number of hydrogen-bond donors (Lipinski definition) is 1. The number of nitrogens with one attached hydrogen (secondary N) is 1. The topological polar surface area (TPSA) is 24.5 Å². The van der Waals surface area contributed by atoms with Crippen LogP contribution in [0.25, 0.3) is 0 Å². The number of hydrogen-bond acceptors (Lipinski definition) is 3. The lowest BCUT2D eigenvalue weighted by Gasteiger charge is -2.55. The molecule has 2 rings (SSSR count). The fraction of sp³-hybridized carbons (Fsp3) is 1.00. The van der Waals surface area contributed by atoms with Crippen molar-refractivity contribution in [3.05, 3.63) is 0 Å². The Bertz CT molecular complexity index is 321. The van der Waals surface area contributed by atoms with Gasteiger partial charge in [0.15, 0.2) is 0 Å². The van der Waals surface area contributed by atoms with E-state index < -0.39 is 0 Å². The van der Waals surface area contributed by atoms with Crippen LogP contribution >= 0.6 is 0 Å². The van der Waals surface area contributed by atoms with Gasteiger partial charge in [-0.2, -0.15) is 0 Å². The predicted molar refractivity (Wildman–Crippen MR) is 85.0 cm³/mol. The molecule has 2 aliphatic carbocycles. The maximum Gasteiger partial charge on any atom is 0.0656 e. The average molecular weight is 282 g/mol. The van der Waals surface area contributed by atoms with E-state index in [1.54, 1.807) is 0 Å². The number of nitrogens with zero attached hydrogens (tertiary/aromatic N) is 1. The molecule has 0 aromatic carbocycles. The molecule has 2 fully saturated rings. The highest BCUT2D eigenvalue weighted by Crippen LogP contribution is 2.44. The van der Waals surface area contributed by atoms with Crippen LogP contribution in [-0.2, 0) is 4.74 Å². The smallest absolute Gasteiger partial charge is 0.0656 e. The first kappa shape index (κ1) is 16.3. The molecule has 2 aliphatic rings. The van der Waals surface area contributed by atoms with Crippen LogP contribution in [0.1, 0.15) is 53.4 Å². The molecule has 0 radical (unpaired) electrons. The minimum absolute atomic E-state index is 0.270. The van der Waals surface area contributed by atoms with Crippen LogP contribution in [0.2, 0.25) is 0 Å². The molecule has 0 spiro atoms. The maximum absolute atomic E-state index is 6.05. The Morgan fingerprint density at radius 3 is 2.30 bits per heavy atom. The van der Waals surface area contributed by atoms with Gasteiger partial charge in [0.1, 0.15) is 0 Å². The summed E-state index contributed by atoms with van der Waals surface area (Å²) in [4.78, 5) is 2.42. The summed E-state index contributed by atoms with van der Waals surface area (Å²) in [7, 11) is 4.45. The lowest BCUT2D eigenvalue weighted by molar-refractivity contribution is -0.126. The molecule has 0 aromatic heterocycles. The summed E-state index contributed by atoms with van der Waals surface area (Å²) in [6, 6.07) is 0.608. The molecule has 0 aromatic rings. The standard InChI is InChI=1S/C17H34N2O/c1-13(2)11-20-15-10-14(16(15,3)4)18-12-17(19(5)6)8-7-9-17/h13-15,18H,7-12H2,1-6H3. The second-order valence-corrected chi connectivity index (χ2v) is 8.18. The molecule has 20 heavy (non-hydrogen) atoms. The zero-order valence-corrected chi connectivity index (χ0v) is 14.3. The van der Waals surface area contributed by atoms with E-state index in [4.69, 9.17) is 4.74 Å². The van der Waals surface area contributed by atoms with Crippen LogP contribution in [0.5, 0.6) is 0 Å². The van der Waals surface area contributed by atoms with E-state index in [9.17, 15) is 0 Å². The van der Waals surface area contributed by atoms with Gasteiger partial charge in [0.05, 0.1) is 6.10 Å². The van der Waals surface area contributed by atoms with Crippen LogP contribution in [0.3, 0.4) is 0 Å². The lowest BCUT2D eigenvalue weighted by atomic mass is 9.64. The van der Waals surface area contributed by atoms with Gasteiger partial charge in [-0.05, 0) is 45.7 Å². The third kappa shape index (κ3) is 3.05. The molecule has 0 amide bonds. The summed E-state index contributed by atoms with van der Waals surface area (Å²) in [5, 5.41) is 3.83. The Balaban J connectivity index is 1.78. The van der Waals surface area contributed by atoms with Crippen molar-refractivity contribution in [3.63, 3.8) is 0 Å². The van der Waals surface area contributed by atoms with E-state index in [-0.39, 0.29) is 5.41 Å². The van der Waals surface area contributed by atoms with E-state index >= 15 is 0 Å². The second kappa shape index (κ2) is 5.94. The molecule has 0 aliphatic heterocycles. The van der Waals surface area contributed by atoms with Crippen LogP contribution < -0.4 is 5.32 Å². The summed E-state index contributed by atoms with van der Waals surface area (Å²) < 4.78 is 6.05. The maximum atomic E-state index is 6.05. The van der Waals surface area contributed by atoms with Crippen molar-refractivity contribution in [2.45, 2.75) is 71.1 Å². The Morgan fingerprint density at radius 2 is 1.90 bits per heavy atom. The summed E-state index contributed by atoms with van der Waals surface area (Å²) in [6.07, 6.45) is 5.66. The minimum atomic E-state index is 0.270. The lowest BCUT2D eigenvalue weighted by Crippen LogP contribution is -2.65. The zero-order chi connectivity index (χ0) is 15.0. The average Bonchev–Trinajstić information content (AvgIpc) is 2.28. The molecule has 2 atom stereocenters. The van der Waals surface area contributed by atoms with Crippen LogP contribution in [0.15, 0.2) is 0 Å². The fourth-order valence-electron chi connectivity index (χ4n) is 3.50. The molecule has 2 unspecified atom stereocenters. The molecule has 0 bridgehead atoms. The molecular weight excluding hydrogens is 248 g/mol. The Hall–Kier alpha value is -0.120. The summed E-state index contributed by atoms with van der Waals surface area (Å²) in [5.74, 6) is 0.629. The largest absolute Gasteiger partial charge is 0.377 e. The zero-order valence-electron chi connectivity index (χ0n) is 14.3. The summed E-state index contributed by atoms with van der Waals surface area (Å²) >= 11 is 0. The quantitative estimate of drug-likeness (QED) is 0.777. The van der Waals surface area contributed by atoms with Gasteiger partial charge in [-0.1, -0.05) is 27.7 Å².